The monoisotopic (exact) mass is 588 g/mol. The molecule has 0 aromatic heterocycles. The van der Waals surface area contributed by atoms with E-state index in [-0.39, 0.29) is 12.4 Å². The Morgan fingerprint density at radius 3 is 1.17 bits per heavy atom. The van der Waals surface area contributed by atoms with E-state index < -0.39 is 0 Å². The molecule has 0 aliphatic carbocycles. The van der Waals surface area contributed by atoms with Crippen LogP contribution in [0.25, 0.3) is 11.1 Å². The third-order valence-electron chi connectivity index (χ3n) is 7.06. The molecule has 0 saturated heterocycles. The van der Waals surface area contributed by atoms with Crippen molar-refractivity contribution in [2.75, 3.05) is 65.4 Å². The van der Waals surface area contributed by atoms with Gasteiger partial charge in [-0.05, 0) is 138 Å². The second kappa shape index (κ2) is 27.3. The molecule has 0 unspecified atom stereocenters. The van der Waals surface area contributed by atoms with Crippen molar-refractivity contribution in [1.29, 1.82) is 0 Å². The lowest BCUT2D eigenvalue weighted by Crippen LogP contribution is -2.25. The van der Waals surface area contributed by atoms with Gasteiger partial charge in [-0.15, -0.1) is 12.4 Å². The molecular weight excluding hydrogens is 528 g/mol. The average molecular weight is 589 g/mol. The Morgan fingerprint density at radius 2 is 0.780 bits per heavy atom. The Kier molecular flexibility index (Phi) is 25.0. The van der Waals surface area contributed by atoms with Crippen LogP contribution in [-0.4, -0.2) is 65.4 Å². The summed E-state index contributed by atoms with van der Waals surface area (Å²) in [6.45, 7) is 17.3. The molecule has 0 aliphatic rings. The normalized spacial score (nSPS) is 11.1. The van der Waals surface area contributed by atoms with E-state index in [0.717, 1.165) is 91.4 Å². The topological polar surface area (TPSA) is 72.2 Å². The van der Waals surface area contributed by atoms with Crippen molar-refractivity contribution in [1.82, 2.24) is 31.9 Å². The van der Waals surface area contributed by atoms with E-state index in [1.807, 2.05) is 0 Å². The maximum atomic E-state index is 3.66. The Hall–Kier alpha value is -1.51. The van der Waals surface area contributed by atoms with Gasteiger partial charge in [0.1, 0.15) is 0 Å². The van der Waals surface area contributed by atoms with Crippen molar-refractivity contribution >= 4 is 12.4 Å². The lowest BCUT2D eigenvalue weighted by molar-refractivity contribution is 0.558. The van der Waals surface area contributed by atoms with Gasteiger partial charge in [-0.3, -0.25) is 0 Å². The number of unbranched alkanes of at least 4 members (excludes halogenated alkanes) is 2. The van der Waals surface area contributed by atoms with Crippen LogP contribution < -0.4 is 31.9 Å². The van der Waals surface area contributed by atoms with E-state index in [1.165, 1.54) is 60.8 Å². The van der Waals surface area contributed by atoms with E-state index in [4.69, 9.17) is 0 Å². The average Bonchev–Trinajstić information content (AvgIpc) is 2.98. The highest BCUT2D eigenvalue weighted by atomic mass is 35.5. The lowest BCUT2D eigenvalue weighted by atomic mass is 9.99. The van der Waals surface area contributed by atoms with Crippen LogP contribution in [0.3, 0.4) is 0 Å². The minimum absolute atomic E-state index is 0. The number of hydrogen-bond acceptors (Lipinski definition) is 6. The van der Waals surface area contributed by atoms with Crippen LogP contribution >= 0.6 is 12.4 Å². The van der Waals surface area contributed by atoms with Crippen molar-refractivity contribution < 1.29 is 0 Å². The van der Waals surface area contributed by atoms with Crippen LogP contribution in [0.5, 0.6) is 0 Å². The summed E-state index contributed by atoms with van der Waals surface area (Å²) >= 11 is 0. The zero-order valence-electron chi connectivity index (χ0n) is 26.2. The summed E-state index contributed by atoms with van der Waals surface area (Å²) in [5.41, 5.74) is 5.31. The van der Waals surface area contributed by atoms with Gasteiger partial charge in [0.25, 0.3) is 0 Å². The number of benzene rings is 2. The largest absolute Gasteiger partial charge is 0.317 e. The Bertz CT molecular complexity index is 789. The van der Waals surface area contributed by atoms with Gasteiger partial charge in [0, 0.05) is 13.1 Å². The van der Waals surface area contributed by atoms with Gasteiger partial charge in [-0.1, -0.05) is 63.1 Å². The fraction of sp³-hybridized carbons (Fsp3) is 0.647. The fourth-order valence-electron chi connectivity index (χ4n) is 4.69. The minimum atomic E-state index is 0. The number of nitrogens with one attached hydrogen (secondary N) is 6. The van der Waals surface area contributed by atoms with Crippen molar-refractivity contribution in [3.63, 3.8) is 0 Å². The molecule has 0 amide bonds. The maximum Gasteiger partial charge on any atom is 0.0205 e. The smallest absolute Gasteiger partial charge is 0.0205 e. The highest BCUT2D eigenvalue weighted by Gasteiger charge is 2.04. The second-order valence-corrected chi connectivity index (χ2v) is 10.9. The Balaban J connectivity index is 0.00000840. The molecule has 0 radical (unpaired) electrons. The molecule has 2 aromatic rings. The van der Waals surface area contributed by atoms with Crippen LogP contribution in [0.15, 0.2) is 48.5 Å². The van der Waals surface area contributed by atoms with Crippen molar-refractivity contribution in [3.05, 3.63) is 59.7 Å². The van der Waals surface area contributed by atoms with Crippen molar-refractivity contribution in [2.45, 2.75) is 78.3 Å². The summed E-state index contributed by atoms with van der Waals surface area (Å²) in [5, 5.41) is 21.5. The minimum Gasteiger partial charge on any atom is -0.317 e. The molecule has 6 N–H and O–H groups in total. The van der Waals surface area contributed by atoms with Crippen molar-refractivity contribution in [2.24, 2.45) is 0 Å². The van der Waals surface area contributed by atoms with Gasteiger partial charge in [0.15, 0.2) is 0 Å². The zero-order valence-corrected chi connectivity index (χ0v) is 27.0. The first-order valence-corrected chi connectivity index (χ1v) is 16.3. The molecule has 0 spiro atoms. The van der Waals surface area contributed by atoms with Gasteiger partial charge in [0.2, 0.25) is 0 Å². The molecule has 7 heteroatoms. The van der Waals surface area contributed by atoms with E-state index >= 15 is 0 Å². The molecule has 2 rings (SSSR count). The van der Waals surface area contributed by atoms with E-state index in [0.29, 0.717) is 0 Å². The summed E-state index contributed by atoms with van der Waals surface area (Å²) in [5.74, 6) is 0. The van der Waals surface area contributed by atoms with Crippen molar-refractivity contribution in [3.8, 4) is 11.1 Å². The summed E-state index contributed by atoms with van der Waals surface area (Å²) in [6.07, 6.45) is 9.80. The van der Waals surface area contributed by atoms with Gasteiger partial charge in [-0.25, -0.2) is 0 Å². The number of halogens is 1. The highest BCUT2D eigenvalue weighted by Crippen LogP contribution is 2.22. The Morgan fingerprint density at radius 1 is 0.415 bits per heavy atom. The van der Waals surface area contributed by atoms with Crippen LogP contribution in [0, 0.1) is 0 Å². The molecular formula is C34H61ClN6. The zero-order chi connectivity index (χ0) is 28.4. The number of rotatable bonds is 27. The summed E-state index contributed by atoms with van der Waals surface area (Å²) in [6, 6.07) is 17.8. The number of hydrogen-bond donors (Lipinski definition) is 6. The van der Waals surface area contributed by atoms with E-state index in [1.54, 1.807) is 0 Å². The van der Waals surface area contributed by atoms with E-state index in [9.17, 15) is 0 Å². The molecule has 0 aliphatic heterocycles. The van der Waals surface area contributed by atoms with Gasteiger partial charge >= 0.3 is 0 Å². The predicted octanol–water partition coefficient (Wildman–Crippen LogP) is 5.47. The maximum absolute atomic E-state index is 3.66. The van der Waals surface area contributed by atoms with Crippen LogP contribution in [0.4, 0.5) is 0 Å². The van der Waals surface area contributed by atoms with Crippen LogP contribution in [0.2, 0.25) is 0 Å². The Labute approximate surface area is 258 Å². The molecule has 0 bridgehead atoms. The summed E-state index contributed by atoms with van der Waals surface area (Å²) in [7, 11) is 0. The highest BCUT2D eigenvalue weighted by molar-refractivity contribution is 5.85. The van der Waals surface area contributed by atoms with Gasteiger partial charge < -0.3 is 31.9 Å². The molecule has 0 atom stereocenters. The van der Waals surface area contributed by atoms with Gasteiger partial charge in [0.05, 0.1) is 0 Å². The van der Waals surface area contributed by atoms with Crippen LogP contribution in [0.1, 0.15) is 76.3 Å². The summed E-state index contributed by atoms with van der Waals surface area (Å²) in [4.78, 5) is 0. The molecule has 0 saturated carbocycles. The molecule has 6 nitrogen and oxygen atoms in total. The standard InChI is InChI=1S/C34H60N6.ClH/c1-3-5-16-35-18-10-20-37-22-12-24-39-29-31-26-32(28-34(27-31)33-14-8-7-9-15-33)30-40-25-13-23-38-21-11-19-36-17-6-4-2;/h7-9,14-15,26-28,35-40H,3-6,10-13,16-25,29-30H2,1-2H3;1H. The molecule has 0 fully saturated rings. The van der Waals surface area contributed by atoms with Crippen LogP contribution in [-0.2, 0) is 13.1 Å². The third kappa shape index (κ3) is 20.1. The SMILES string of the molecule is CCCCNCCCNCCCNCc1cc(CNCCCNCCCNCCCC)cc(-c2ccccc2)c1.Cl. The first kappa shape index (κ1) is 37.5. The quantitative estimate of drug-likeness (QED) is 0.0777. The fourth-order valence-corrected chi connectivity index (χ4v) is 4.69. The third-order valence-corrected chi connectivity index (χ3v) is 7.06. The lowest BCUT2D eigenvalue weighted by Gasteiger charge is -2.13. The molecule has 234 valence electrons. The molecule has 0 heterocycles. The van der Waals surface area contributed by atoms with Gasteiger partial charge in [-0.2, -0.15) is 0 Å². The predicted molar refractivity (Wildman–Crippen MR) is 182 cm³/mol. The van der Waals surface area contributed by atoms with E-state index in [2.05, 4.69) is 94.3 Å². The second-order valence-electron chi connectivity index (χ2n) is 10.9. The first-order valence-electron chi connectivity index (χ1n) is 16.3. The molecule has 41 heavy (non-hydrogen) atoms. The summed E-state index contributed by atoms with van der Waals surface area (Å²) < 4.78 is 0. The molecule has 2 aromatic carbocycles. The first-order chi connectivity index (χ1) is 19.8.